The molecule has 4 aromatic rings. The maximum atomic E-state index is 14.8. The van der Waals surface area contributed by atoms with Crippen LogP contribution in [0.15, 0.2) is 55.1 Å². The minimum absolute atomic E-state index is 0.0111. The number of piperidine rings is 1. The van der Waals surface area contributed by atoms with Crippen LogP contribution in [0.3, 0.4) is 0 Å². The highest BCUT2D eigenvalue weighted by Crippen LogP contribution is 2.33. The molecule has 1 unspecified atom stereocenters. The number of nitrogens with one attached hydrogen (secondary N) is 2. The molecule has 0 bridgehead atoms. The number of alkyl halides is 3. The number of fused-ring (bicyclic) bond motifs is 1. The van der Waals surface area contributed by atoms with Gasteiger partial charge in [-0.05, 0) is 79.9 Å². The molecule has 0 aliphatic carbocycles. The summed E-state index contributed by atoms with van der Waals surface area (Å²) in [5, 5.41) is 6.16. The van der Waals surface area contributed by atoms with Crippen LogP contribution in [0.5, 0.6) is 0 Å². The van der Waals surface area contributed by atoms with Gasteiger partial charge in [-0.3, -0.25) is 19.7 Å². The van der Waals surface area contributed by atoms with E-state index in [9.17, 15) is 22.4 Å². The number of carbonyl (C=O) groups is 1. The summed E-state index contributed by atoms with van der Waals surface area (Å²) in [4.78, 5) is 31.7. The second-order valence-corrected chi connectivity index (χ2v) is 11.8. The molecule has 5 rings (SSSR count). The second kappa shape index (κ2) is 13.8. The highest BCUT2D eigenvalue weighted by Gasteiger charge is 2.32. The lowest BCUT2D eigenvalue weighted by atomic mass is 9.86. The van der Waals surface area contributed by atoms with Gasteiger partial charge in [-0.1, -0.05) is 19.9 Å². The first kappa shape index (κ1) is 32.2. The van der Waals surface area contributed by atoms with Gasteiger partial charge in [0.15, 0.2) is 0 Å². The fraction of sp³-hybridized carbons (Fsp3) is 0.424. The van der Waals surface area contributed by atoms with Gasteiger partial charge >= 0.3 is 6.18 Å². The van der Waals surface area contributed by atoms with Crippen molar-refractivity contribution in [3.05, 3.63) is 77.8 Å². The number of likely N-dealkylation sites (tertiary alicyclic amines) is 1. The zero-order chi connectivity index (χ0) is 32.1. The van der Waals surface area contributed by atoms with Gasteiger partial charge in [0.1, 0.15) is 18.0 Å². The van der Waals surface area contributed by atoms with Crippen molar-refractivity contribution in [2.24, 2.45) is 11.8 Å². The average Bonchev–Trinajstić information content (AvgIpc) is 3.03. The van der Waals surface area contributed by atoms with E-state index in [1.54, 1.807) is 12.3 Å². The first-order valence-electron chi connectivity index (χ1n) is 15.1. The summed E-state index contributed by atoms with van der Waals surface area (Å²) in [6, 6.07) is 10.4. The molecule has 45 heavy (non-hydrogen) atoms. The number of amides is 1. The third kappa shape index (κ3) is 7.91. The van der Waals surface area contributed by atoms with Gasteiger partial charge < -0.3 is 10.6 Å². The maximum absolute atomic E-state index is 14.8. The molecule has 3 aromatic heterocycles. The second-order valence-electron chi connectivity index (χ2n) is 11.8. The molecule has 1 aliphatic rings. The van der Waals surface area contributed by atoms with Crippen LogP contribution in [-0.2, 0) is 6.42 Å². The van der Waals surface area contributed by atoms with Crippen LogP contribution >= 0.6 is 0 Å². The van der Waals surface area contributed by atoms with Crippen molar-refractivity contribution < 1.29 is 22.4 Å². The van der Waals surface area contributed by atoms with E-state index >= 15 is 0 Å². The molecule has 238 valence electrons. The number of hydrogen-bond donors (Lipinski definition) is 2. The van der Waals surface area contributed by atoms with Gasteiger partial charge in [-0.25, -0.2) is 14.4 Å². The van der Waals surface area contributed by atoms with E-state index < -0.39 is 18.5 Å². The summed E-state index contributed by atoms with van der Waals surface area (Å²) in [7, 11) is 1.51. The van der Waals surface area contributed by atoms with Crippen LogP contribution in [0.2, 0.25) is 0 Å². The van der Waals surface area contributed by atoms with E-state index in [2.05, 4.69) is 44.4 Å². The minimum atomic E-state index is -4.16. The van der Waals surface area contributed by atoms with Crippen LogP contribution in [-0.4, -0.2) is 70.1 Å². The van der Waals surface area contributed by atoms with E-state index in [1.165, 1.54) is 36.6 Å². The Bertz CT molecular complexity index is 1620. The molecule has 8 nitrogen and oxygen atoms in total. The number of carbonyl (C=O) groups excluding carboxylic acids is 1. The van der Waals surface area contributed by atoms with E-state index in [-0.39, 0.29) is 28.7 Å². The zero-order valence-electron chi connectivity index (χ0n) is 25.5. The van der Waals surface area contributed by atoms with Gasteiger partial charge in [-0.2, -0.15) is 13.2 Å². The largest absolute Gasteiger partial charge is 0.401 e. The number of anilines is 1. The lowest BCUT2D eigenvalue weighted by Crippen LogP contribution is -2.40. The molecule has 2 atom stereocenters. The zero-order valence-corrected chi connectivity index (χ0v) is 25.5. The van der Waals surface area contributed by atoms with E-state index in [4.69, 9.17) is 0 Å². The van der Waals surface area contributed by atoms with Crippen molar-refractivity contribution in [1.29, 1.82) is 0 Å². The van der Waals surface area contributed by atoms with Crippen molar-refractivity contribution in [3.63, 3.8) is 0 Å². The third-order valence-electron chi connectivity index (χ3n) is 8.69. The number of benzene rings is 1. The number of rotatable bonds is 10. The van der Waals surface area contributed by atoms with Crippen LogP contribution in [0, 0.1) is 17.7 Å². The first-order valence-corrected chi connectivity index (χ1v) is 15.1. The molecule has 1 fully saturated rings. The number of hydrogen-bond acceptors (Lipinski definition) is 7. The van der Waals surface area contributed by atoms with Gasteiger partial charge in [0.05, 0.1) is 23.3 Å². The Labute approximate surface area is 259 Å². The molecule has 0 saturated carbocycles. The fourth-order valence-electron chi connectivity index (χ4n) is 5.89. The Hall–Kier alpha value is -4.19. The van der Waals surface area contributed by atoms with Crippen LogP contribution in [0.25, 0.3) is 22.2 Å². The van der Waals surface area contributed by atoms with Crippen molar-refractivity contribution >= 4 is 22.6 Å². The van der Waals surface area contributed by atoms with Crippen LogP contribution < -0.4 is 10.6 Å². The standard InChI is InChI=1S/C33H37F4N7O/c1-20(21(2)25-6-7-27(34)30-26(32(45)38-3)8-11-39-31(25)30)16-41-29-15-28(42-19-43-29)23-4-5-24(40-17-23)14-22-9-12-44(13-10-22)18-33(35,36)37/h4-8,11,15,17,19-22H,9-10,12-14,16,18H2,1-3H3,(H,38,45)(H,41,42,43)/t20-,21?/m1/s1. The van der Waals surface area contributed by atoms with Gasteiger partial charge in [0.2, 0.25) is 0 Å². The Balaban J connectivity index is 1.20. The van der Waals surface area contributed by atoms with E-state index in [1.807, 2.05) is 18.2 Å². The summed E-state index contributed by atoms with van der Waals surface area (Å²) in [5.74, 6) is 0.201. The lowest BCUT2D eigenvalue weighted by Gasteiger charge is -2.32. The molecule has 1 aromatic carbocycles. The molecule has 1 saturated heterocycles. The highest BCUT2D eigenvalue weighted by atomic mass is 19.4. The number of nitrogens with zero attached hydrogens (tertiary/aromatic N) is 5. The molecule has 2 N–H and O–H groups in total. The summed E-state index contributed by atoms with van der Waals surface area (Å²) in [5.41, 5.74) is 4.04. The minimum Gasteiger partial charge on any atom is -0.370 e. The molecule has 0 radical (unpaired) electrons. The predicted octanol–water partition coefficient (Wildman–Crippen LogP) is 6.25. The highest BCUT2D eigenvalue weighted by molar-refractivity contribution is 6.06. The first-order chi connectivity index (χ1) is 21.5. The summed E-state index contributed by atoms with van der Waals surface area (Å²) >= 11 is 0. The molecular weight excluding hydrogens is 586 g/mol. The summed E-state index contributed by atoms with van der Waals surface area (Å²) in [6.07, 6.45) is 2.82. The fourth-order valence-corrected chi connectivity index (χ4v) is 5.89. The Kier molecular flexibility index (Phi) is 9.91. The van der Waals surface area contributed by atoms with Gasteiger partial charge in [-0.15, -0.1) is 0 Å². The summed E-state index contributed by atoms with van der Waals surface area (Å²) < 4.78 is 52.9. The third-order valence-corrected chi connectivity index (χ3v) is 8.69. The van der Waals surface area contributed by atoms with Gasteiger partial charge in [0.25, 0.3) is 5.91 Å². The average molecular weight is 624 g/mol. The quantitative estimate of drug-likeness (QED) is 0.202. The topological polar surface area (TPSA) is 95.9 Å². The number of pyridine rings is 2. The van der Waals surface area contributed by atoms with E-state index in [0.29, 0.717) is 42.6 Å². The van der Waals surface area contributed by atoms with Crippen LogP contribution in [0.1, 0.15) is 54.2 Å². The number of aromatic nitrogens is 4. The Morgan fingerprint density at radius 1 is 1.04 bits per heavy atom. The van der Waals surface area contributed by atoms with Gasteiger partial charge in [0, 0.05) is 48.7 Å². The van der Waals surface area contributed by atoms with Crippen molar-refractivity contribution in [2.75, 3.05) is 38.5 Å². The Morgan fingerprint density at radius 3 is 2.51 bits per heavy atom. The molecular formula is C33H37F4N7O. The van der Waals surface area contributed by atoms with Crippen molar-refractivity contribution in [1.82, 2.24) is 30.2 Å². The number of halogens is 4. The molecule has 1 aliphatic heterocycles. The van der Waals surface area contributed by atoms with Crippen molar-refractivity contribution in [3.8, 4) is 11.3 Å². The van der Waals surface area contributed by atoms with Crippen LogP contribution in [0.4, 0.5) is 23.4 Å². The molecule has 12 heteroatoms. The Morgan fingerprint density at radius 2 is 1.82 bits per heavy atom. The summed E-state index contributed by atoms with van der Waals surface area (Å²) in [6.45, 7) is 4.77. The molecule has 1 amide bonds. The molecule has 4 heterocycles. The smallest absolute Gasteiger partial charge is 0.370 e. The molecule has 0 spiro atoms. The normalized spacial score (nSPS) is 16.0. The maximum Gasteiger partial charge on any atom is 0.401 e. The predicted molar refractivity (Wildman–Crippen MR) is 165 cm³/mol. The monoisotopic (exact) mass is 623 g/mol. The SMILES string of the molecule is CNC(=O)c1ccnc2c(C(C)[C@H](C)CNc3cc(-c4ccc(CC5CCN(CC(F)(F)F)CC5)nc4)ncn3)ccc(F)c12. The van der Waals surface area contributed by atoms with E-state index in [0.717, 1.165) is 36.1 Å². The lowest BCUT2D eigenvalue weighted by molar-refractivity contribution is -0.148. The van der Waals surface area contributed by atoms with Crippen molar-refractivity contribution in [2.45, 2.75) is 45.2 Å².